The number of nitrogens with one attached hydrogen (secondary N) is 1. The summed E-state index contributed by atoms with van der Waals surface area (Å²) in [5.74, 6) is -0.703. The maximum absolute atomic E-state index is 12.8. The first kappa shape index (κ1) is 24.0. The number of rotatable bonds is 6. The number of sulfonamides is 1. The van der Waals surface area contributed by atoms with E-state index in [2.05, 4.69) is 12.2 Å². The first-order chi connectivity index (χ1) is 14.7. The van der Waals surface area contributed by atoms with E-state index in [1.807, 2.05) is 0 Å². The van der Waals surface area contributed by atoms with Gasteiger partial charge in [-0.3, -0.25) is 9.59 Å². The molecular weight excluding hydrogens is 440 g/mol. The molecule has 3 rings (SSSR count). The fourth-order valence-corrected chi connectivity index (χ4v) is 5.84. The summed E-state index contributed by atoms with van der Waals surface area (Å²) in [6.45, 7) is 4.17. The highest BCUT2D eigenvalue weighted by Crippen LogP contribution is 2.26. The Kier molecular flexibility index (Phi) is 7.99. The van der Waals surface area contributed by atoms with Gasteiger partial charge in [0.15, 0.2) is 6.10 Å². The summed E-state index contributed by atoms with van der Waals surface area (Å²) < 4.78 is 32.3. The van der Waals surface area contributed by atoms with E-state index in [1.165, 1.54) is 22.9 Å². The van der Waals surface area contributed by atoms with Crippen LogP contribution in [0, 0.1) is 11.8 Å². The van der Waals surface area contributed by atoms with Gasteiger partial charge in [-0.2, -0.15) is 4.31 Å². The number of hydrogen-bond donors (Lipinski definition) is 1. The minimum Gasteiger partial charge on any atom is -0.452 e. The zero-order valence-electron chi connectivity index (χ0n) is 18.1. The van der Waals surface area contributed by atoms with Crippen LogP contribution in [0.4, 0.5) is 0 Å². The molecule has 31 heavy (non-hydrogen) atoms. The van der Waals surface area contributed by atoms with Crippen LogP contribution in [0.5, 0.6) is 0 Å². The number of hydrogen-bond acceptors (Lipinski definition) is 5. The normalized spacial score (nSPS) is 24.4. The summed E-state index contributed by atoms with van der Waals surface area (Å²) in [5.41, 5.74) is 0. The third-order valence-corrected chi connectivity index (χ3v) is 8.50. The van der Waals surface area contributed by atoms with Crippen molar-refractivity contribution in [2.45, 2.75) is 69.4 Å². The fourth-order valence-electron chi connectivity index (χ4n) is 4.24. The van der Waals surface area contributed by atoms with E-state index in [1.54, 1.807) is 19.1 Å². The van der Waals surface area contributed by atoms with Crippen molar-refractivity contribution in [2.75, 3.05) is 13.1 Å². The number of benzene rings is 1. The molecule has 2 aliphatic rings. The molecule has 0 radical (unpaired) electrons. The molecule has 0 spiro atoms. The summed E-state index contributed by atoms with van der Waals surface area (Å²) in [4.78, 5) is 25.2. The molecule has 7 nitrogen and oxygen atoms in total. The standard InChI is InChI=1S/C22H31ClN2O5S/c1-15-5-3-4-6-20(15)24-21(26)16(2)30-22(27)17-11-13-25(14-12-17)31(28,29)19-9-7-18(23)8-10-19/h7-10,15-17,20H,3-6,11-14H2,1-2H3,(H,24,26)/t15-,16-,20-/m1/s1. The lowest BCUT2D eigenvalue weighted by Crippen LogP contribution is -2.47. The Balaban J connectivity index is 1.49. The number of carbonyl (C=O) groups is 2. The van der Waals surface area contributed by atoms with E-state index >= 15 is 0 Å². The van der Waals surface area contributed by atoms with E-state index in [4.69, 9.17) is 16.3 Å². The lowest BCUT2D eigenvalue weighted by molar-refractivity contribution is -0.160. The maximum Gasteiger partial charge on any atom is 0.309 e. The summed E-state index contributed by atoms with van der Waals surface area (Å²) in [6.07, 6.45) is 4.19. The highest BCUT2D eigenvalue weighted by atomic mass is 35.5. The summed E-state index contributed by atoms with van der Waals surface area (Å²) in [6, 6.07) is 6.17. The Labute approximate surface area is 189 Å². The average Bonchev–Trinajstić information content (AvgIpc) is 2.75. The molecule has 9 heteroatoms. The van der Waals surface area contributed by atoms with Crippen molar-refractivity contribution < 1.29 is 22.7 Å². The van der Waals surface area contributed by atoms with Crippen LogP contribution in [0.3, 0.4) is 0 Å². The Hall–Kier alpha value is -1.64. The molecule has 1 amide bonds. The molecule has 1 aromatic carbocycles. The lowest BCUT2D eigenvalue weighted by atomic mass is 9.86. The number of piperidine rings is 1. The minimum absolute atomic E-state index is 0.128. The van der Waals surface area contributed by atoms with Gasteiger partial charge in [-0.05, 0) is 62.8 Å². The number of esters is 1. The van der Waals surface area contributed by atoms with Gasteiger partial charge < -0.3 is 10.1 Å². The third kappa shape index (κ3) is 5.99. The first-order valence-corrected chi connectivity index (χ1v) is 12.8. The van der Waals surface area contributed by atoms with Gasteiger partial charge >= 0.3 is 5.97 Å². The quantitative estimate of drug-likeness (QED) is 0.643. The van der Waals surface area contributed by atoms with Crippen molar-refractivity contribution >= 4 is 33.5 Å². The summed E-state index contributed by atoms with van der Waals surface area (Å²) >= 11 is 5.84. The van der Waals surface area contributed by atoms with Crippen molar-refractivity contribution in [1.29, 1.82) is 0 Å². The van der Waals surface area contributed by atoms with Gasteiger partial charge in [0.25, 0.3) is 5.91 Å². The van der Waals surface area contributed by atoms with E-state index in [0.717, 1.165) is 19.3 Å². The van der Waals surface area contributed by atoms with Crippen LogP contribution in [0.2, 0.25) is 5.02 Å². The summed E-state index contributed by atoms with van der Waals surface area (Å²) in [7, 11) is -3.63. The molecule has 2 fully saturated rings. The molecule has 1 saturated heterocycles. The second-order valence-corrected chi connectivity index (χ2v) is 11.0. The fraction of sp³-hybridized carbons (Fsp3) is 0.636. The van der Waals surface area contributed by atoms with Crippen molar-refractivity contribution in [3.8, 4) is 0 Å². The predicted molar refractivity (Wildman–Crippen MR) is 118 cm³/mol. The van der Waals surface area contributed by atoms with Crippen LogP contribution >= 0.6 is 11.6 Å². The average molecular weight is 471 g/mol. The van der Waals surface area contributed by atoms with Crippen LogP contribution < -0.4 is 5.32 Å². The van der Waals surface area contributed by atoms with Crippen LogP contribution in [0.15, 0.2) is 29.2 Å². The Bertz CT molecular complexity index is 882. The van der Waals surface area contributed by atoms with Gasteiger partial charge in [0.1, 0.15) is 0 Å². The third-order valence-electron chi connectivity index (χ3n) is 6.34. The van der Waals surface area contributed by atoms with Gasteiger partial charge in [0.05, 0.1) is 10.8 Å². The Morgan fingerprint density at radius 3 is 2.32 bits per heavy atom. The Morgan fingerprint density at radius 1 is 1.10 bits per heavy atom. The van der Waals surface area contributed by atoms with Gasteiger partial charge in [-0.25, -0.2) is 8.42 Å². The van der Waals surface area contributed by atoms with Crippen LogP contribution in [-0.4, -0.2) is 49.8 Å². The van der Waals surface area contributed by atoms with Gasteiger partial charge in [0.2, 0.25) is 10.0 Å². The molecule has 1 aromatic rings. The van der Waals surface area contributed by atoms with Gasteiger partial charge in [-0.15, -0.1) is 0 Å². The zero-order valence-corrected chi connectivity index (χ0v) is 19.6. The largest absolute Gasteiger partial charge is 0.452 e. The molecule has 0 aromatic heterocycles. The lowest BCUT2D eigenvalue weighted by Gasteiger charge is -2.32. The van der Waals surface area contributed by atoms with Crippen molar-refractivity contribution in [2.24, 2.45) is 11.8 Å². The van der Waals surface area contributed by atoms with Gasteiger partial charge in [-0.1, -0.05) is 31.4 Å². The SMILES string of the molecule is C[C@@H]1CCCC[C@H]1NC(=O)[C@@H](C)OC(=O)C1CCN(S(=O)(=O)c2ccc(Cl)cc2)CC1. The molecule has 0 bridgehead atoms. The number of carbonyl (C=O) groups excluding carboxylic acids is 2. The molecule has 1 aliphatic carbocycles. The van der Waals surface area contributed by atoms with Gasteiger partial charge in [0, 0.05) is 24.2 Å². The second kappa shape index (κ2) is 10.3. The van der Waals surface area contributed by atoms with Crippen LogP contribution in [-0.2, 0) is 24.3 Å². The number of halogens is 1. The maximum atomic E-state index is 12.8. The smallest absolute Gasteiger partial charge is 0.309 e. The molecule has 1 heterocycles. The Morgan fingerprint density at radius 2 is 1.71 bits per heavy atom. The monoisotopic (exact) mass is 470 g/mol. The highest BCUT2D eigenvalue weighted by molar-refractivity contribution is 7.89. The predicted octanol–water partition coefficient (Wildman–Crippen LogP) is 3.37. The second-order valence-electron chi connectivity index (χ2n) is 8.59. The highest BCUT2D eigenvalue weighted by Gasteiger charge is 2.34. The molecule has 172 valence electrons. The first-order valence-electron chi connectivity index (χ1n) is 10.9. The van der Waals surface area contributed by atoms with Crippen molar-refractivity contribution in [1.82, 2.24) is 9.62 Å². The number of ether oxygens (including phenoxy) is 1. The van der Waals surface area contributed by atoms with Crippen molar-refractivity contribution in [3.63, 3.8) is 0 Å². The molecule has 1 N–H and O–H groups in total. The number of amides is 1. The van der Waals surface area contributed by atoms with E-state index in [9.17, 15) is 18.0 Å². The summed E-state index contributed by atoms with van der Waals surface area (Å²) in [5, 5.41) is 3.48. The van der Waals surface area contributed by atoms with Crippen LogP contribution in [0.1, 0.15) is 52.4 Å². The number of nitrogens with zero attached hydrogens (tertiary/aromatic N) is 1. The van der Waals surface area contributed by atoms with E-state index < -0.39 is 28.0 Å². The molecule has 3 atom stereocenters. The van der Waals surface area contributed by atoms with Crippen LogP contribution in [0.25, 0.3) is 0 Å². The zero-order chi connectivity index (χ0) is 22.6. The molecule has 0 unspecified atom stereocenters. The van der Waals surface area contributed by atoms with Crippen molar-refractivity contribution in [3.05, 3.63) is 29.3 Å². The minimum atomic E-state index is -3.63. The van der Waals surface area contributed by atoms with E-state index in [-0.39, 0.29) is 29.9 Å². The topological polar surface area (TPSA) is 92.8 Å². The van der Waals surface area contributed by atoms with E-state index in [0.29, 0.717) is 23.8 Å². The molecular formula is C22H31ClN2O5S. The molecule has 1 saturated carbocycles. The molecule has 1 aliphatic heterocycles.